The highest BCUT2D eigenvalue weighted by Crippen LogP contribution is 2.25. The molecule has 0 unspecified atom stereocenters. The van der Waals surface area contributed by atoms with Crippen LogP contribution in [0.15, 0.2) is 22.6 Å². The molecule has 0 radical (unpaired) electrons. The minimum Gasteiger partial charge on any atom is -0.392 e. The Morgan fingerprint density at radius 1 is 1.42 bits per heavy atom. The highest BCUT2D eigenvalue weighted by molar-refractivity contribution is 7.14. The number of benzene rings is 1. The largest absolute Gasteiger partial charge is 0.392 e. The molecule has 1 heterocycles. The maximum absolute atomic E-state index is 9.02. The van der Waals surface area contributed by atoms with Crippen LogP contribution >= 0.6 is 34.5 Å². The number of nitrogens with one attached hydrogen (secondary N) is 1. The first-order valence-corrected chi connectivity index (χ1v) is 6.82. The van der Waals surface area contributed by atoms with Crippen molar-refractivity contribution in [3.05, 3.63) is 38.7 Å². The molecule has 100 valence electrons. The lowest BCUT2D eigenvalue weighted by Crippen LogP contribution is -1.94. The lowest BCUT2D eigenvalue weighted by atomic mass is 10.1. The van der Waals surface area contributed by atoms with E-state index in [-0.39, 0.29) is 6.61 Å². The molecule has 0 saturated carbocycles. The van der Waals surface area contributed by atoms with E-state index in [9.17, 15) is 0 Å². The molecule has 0 amide bonds. The molecule has 19 heavy (non-hydrogen) atoms. The number of aliphatic hydroxyl groups excluding tert-OH is 1. The number of hydrogen-bond acceptors (Lipinski definition) is 6. The standard InChI is InChI=1S/C11H10Cl2N4OS/c12-8-1-6(4-18)2-9(13)7(8)3-15-17-11-16-10(14)5-19-11/h1-3,5,18H,4,14H2,(H,16,17). The Kier molecular flexibility index (Phi) is 4.60. The van der Waals surface area contributed by atoms with Gasteiger partial charge in [-0.3, -0.25) is 5.43 Å². The predicted molar refractivity (Wildman–Crippen MR) is 80.1 cm³/mol. The Morgan fingerprint density at radius 2 is 2.11 bits per heavy atom. The number of nitrogen functional groups attached to an aromatic ring is 1. The number of aliphatic hydroxyl groups is 1. The molecular weight excluding hydrogens is 307 g/mol. The van der Waals surface area contributed by atoms with Gasteiger partial charge in [0.1, 0.15) is 5.82 Å². The Hall–Kier alpha value is -1.34. The number of hydrogen-bond donors (Lipinski definition) is 3. The Bertz CT molecular complexity index is 591. The molecule has 0 aliphatic carbocycles. The molecule has 1 aromatic carbocycles. The van der Waals surface area contributed by atoms with Crippen LogP contribution in [0, 0.1) is 0 Å². The lowest BCUT2D eigenvalue weighted by Gasteiger charge is -2.04. The molecule has 1 aromatic heterocycles. The van der Waals surface area contributed by atoms with Gasteiger partial charge in [-0.15, -0.1) is 11.3 Å². The third kappa shape index (κ3) is 3.57. The van der Waals surface area contributed by atoms with Gasteiger partial charge in [-0.05, 0) is 17.7 Å². The van der Waals surface area contributed by atoms with Crippen molar-refractivity contribution in [1.82, 2.24) is 4.98 Å². The van der Waals surface area contributed by atoms with Crippen LogP contribution in [0.1, 0.15) is 11.1 Å². The monoisotopic (exact) mass is 316 g/mol. The summed E-state index contributed by atoms with van der Waals surface area (Å²) in [4.78, 5) is 3.99. The van der Waals surface area contributed by atoms with Gasteiger partial charge in [0, 0.05) is 10.9 Å². The molecular formula is C11H10Cl2N4OS. The first-order chi connectivity index (χ1) is 9.10. The predicted octanol–water partition coefficient (Wildman–Crippen LogP) is 2.97. The molecule has 0 aliphatic rings. The van der Waals surface area contributed by atoms with Crippen LogP contribution in [0.25, 0.3) is 0 Å². The SMILES string of the molecule is Nc1csc(NN=Cc2c(Cl)cc(CO)cc2Cl)n1. The van der Waals surface area contributed by atoms with Gasteiger partial charge in [-0.2, -0.15) is 5.10 Å². The van der Waals surface area contributed by atoms with Crippen molar-refractivity contribution in [2.45, 2.75) is 6.61 Å². The van der Waals surface area contributed by atoms with E-state index >= 15 is 0 Å². The van der Waals surface area contributed by atoms with Crippen LogP contribution in [0.3, 0.4) is 0 Å². The molecule has 2 aromatic rings. The van der Waals surface area contributed by atoms with Crippen molar-refractivity contribution in [1.29, 1.82) is 0 Å². The fourth-order valence-corrected chi connectivity index (χ4v) is 2.52. The van der Waals surface area contributed by atoms with Gasteiger partial charge >= 0.3 is 0 Å². The number of aromatic nitrogens is 1. The summed E-state index contributed by atoms with van der Waals surface area (Å²) in [5.74, 6) is 0.436. The van der Waals surface area contributed by atoms with Crippen LogP contribution in [0.2, 0.25) is 10.0 Å². The average molecular weight is 317 g/mol. The van der Waals surface area contributed by atoms with Crippen LogP contribution in [-0.2, 0) is 6.61 Å². The fraction of sp³-hybridized carbons (Fsp3) is 0.0909. The van der Waals surface area contributed by atoms with E-state index in [0.29, 0.717) is 32.1 Å². The number of halogens is 2. The summed E-state index contributed by atoms with van der Waals surface area (Å²) in [5, 5.41) is 16.1. The van der Waals surface area contributed by atoms with Gasteiger partial charge in [-0.1, -0.05) is 23.2 Å². The van der Waals surface area contributed by atoms with Gasteiger partial charge in [-0.25, -0.2) is 4.98 Å². The van der Waals surface area contributed by atoms with Gasteiger partial charge in [0.25, 0.3) is 0 Å². The first-order valence-electron chi connectivity index (χ1n) is 5.19. The topological polar surface area (TPSA) is 83.5 Å². The van der Waals surface area contributed by atoms with Crippen LogP contribution in [-0.4, -0.2) is 16.3 Å². The number of nitrogens with zero attached hydrogens (tertiary/aromatic N) is 2. The Morgan fingerprint density at radius 3 is 2.63 bits per heavy atom. The second-order valence-electron chi connectivity index (χ2n) is 3.58. The fourth-order valence-electron chi connectivity index (χ4n) is 1.34. The van der Waals surface area contributed by atoms with E-state index in [0.717, 1.165) is 0 Å². The Labute approximate surface area is 123 Å². The smallest absolute Gasteiger partial charge is 0.205 e. The second-order valence-corrected chi connectivity index (χ2v) is 5.25. The maximum Gasteiger partial charge on any atom is 0.205 e. The first kappa shape index (κ1) is 14.1. The van der Waals surface area contributed by atoms with E-state index in [1.54, 1.807) is 17.5 Å². The van der Waals surface area contributed by atoms with Crippen molar-refractivity contribution in [3.63, 3.8) is 0 Å². The zero-order valence-corrected chi connectivity index (χ0v) is 11.9. The van der Waals surface area contributed by atoms with Crippen molar-refractivity contribution < 1.29 is 5.11 Å². The molecule has 5 nitrogen and oxygen atoms in total. The number of hydrazone groups is 1. The van der Waals surface area contributed by atoms with Crippen LogP contribution in [0.4, 0.5) is 10.9 Å². The number of thiazole rings is 1. The maximum atomic E-state index is 9.02. The van der Waals surface area contributed by atoms with Gasteiger partial charge in [0.2, 0.25) is 5.13 Å². The third-order valence-corrected chi connectivity index (χ3v) is 3.59. The molecule has 0 aliphatic heterocycles. The van der Waals surface area contributed by atoms with Gasteiger partial charge in [0.05, 0.1) is 22.9 Å². The molecule has 8 heteroatoms. The molecule has 4 N–H and O–H groups in total. The Balaban J connectivity index is 2.14. The van der Waals surface area contributed by atoms with Crippen molar-refractivity contribution in [2.75, 3.05) is 11.2 Å². The molecule has 0 saturated heterocycles. The summed E-state index contributed by atoms with van der Waals surface area (Å²) < 4.78 is 0. The van der Waals surface area contributed by atoms with Crippen molar-refractivity contribution in [2.24, 2.45) is 5.10 Å². The van der Waals surface area contributed by atoms with E-state index in [2.05, 4.69) is 15.5 Å². The minimum absolute atomic E-state index is 0.118. The number of nitrogens with two attached hydrogens (primary N) is 1. The molecule has 2 rings (SSSR count). The quantitative estimate of drug-likeness (QED) is 0.598. The van der Waals surface area contributed by atoms with Crippen LogP contribution < -0.4 is 11.2 Å². The average Bonchev–Trinajstić information content (AvgIpc) is 2.78. The zero-order chi connectivity index (χ0) is 13.8. The summed E-state index contributed by atoms with van der Waals surface area (Å²) in [6.45, 7) is -0.118. The summed E-state index contributed by atoms with van der Waals surface area (Å²) in [6, 6.07) is 3.27. The summed E-state index contributed by atoms with van der Waals surface area (Å²) in [7, 11) is 0. The minimum atomic E-state index is -0.118. The highest BCUT2D eigenvalue weighted by Gasteiger charge is 2.06. The third-order valence-electron chi connectivity index (χ3n) is 2.20. The van der Waals surface area contributed by atoms with E-state index < -0.39 is 0 Å². The van der Waals surface area contributed by atoms with E-state index in [1.807, 2.05) is 0 Å². The summed E-state index contributed by atoms with van der Waals surface area (Å²) >= 11 is 13.4. The summed E-state index contributed by atoms with van der Waals surface area (Å²) in [5.41, 5.74) is 9.42. The van der Waals surface area contributed by atoms with Crippen molar-refractivity contribution in [3.8, 4) is 0 Å². The molecule has 0 atom stereocenters. The number of rotatable bonds is 4. The normalized spacial score (nSPS) is 11.1. The van der Waals surface area contributed by atoms with Crippen molar-refractivity contribution >= 4 is 51.7 Å². The van der Waals surface area contributed by atoms with E-state index in [4.69, 9.17) is 34.0 Å². The lowest BCUT2D eigenvalue weighted by molar-refractivity contribution is 0.282. The summed E-state index contributed by atoms with van der Waals surface area (Å²) in [6.07, 6.45) is 1.49. The number of anilines is 2. The van der Waals surface area contributed by atoms with E-state index in [1.165, 1.54) is 17.6 Å². The van der Waals surface area contributed by atoms with Gasteiger partial charge in [0.15, 0.2) is 0 Å². The zero-order valence-electron chi connectivity index (χ0n) is 9.60. The molecule has 0 fully saturated rings. The second kappa shape index (κ2) is 6.21. The molecule has 0 spiro atoms. The van der Waals surface area contributed by atoms with Crippen LogP contribution in [0.5, 0.6) is 0 Å². The molecule has 0 bridgehead atoms. The highest BCUT2D eigenvalue weighted by atomic mass is 35.5. The van der Waals surface area contributed by atoms with Gasteiger partial charge < -0.3 is 10.8 Å².